The number of halogens is 2. The Balaban J connectivity index is 1.95. The van der Waals surface area contributed by atoms with E-state index in [1.807, 2.05) is 18.2 Å². The first-order valence-electron chi connectivity index (χ1n) is 6.69. The number of thiophene rings is 1. The van der Waals surface area contributed by atoms with E-state index in [1.54, 1.807) is 11.3 Å². The van der Waals surface area contributed by atoms with E-state index in [4.69, 9.17) is 11.6 Å². The smallest absolute Gasteiger partial charge is 0.123 e. The van der Waals surface area contributed by atoms with Crippen molar-refractivity contribution in [2.45, 2.75) is 6.04 Å². The molecule has 2 aromatic rings. The first-order valence-corrected chi connectivity index (χ1v) is 7.89. The second kappa shape index (κ2) is 6.22. The maximum atomic E-state index is 13.2. The van der Waals surface area contributed by atoms with Gasteiger partial charge in [0, 0.05) is 31.1 Å². The molecule has 0 radical (unpaired) electrons. The summed E-state index contributed by atoms with van der Waals surface area (Å²) >= 11 is 7.68. The minimum absolute atomic E-state index is 0.162. The van der Waals surface area contributed by atoms with Gasteiger partial charge in [-0.2, -0.15) is 0 Å². The lowest BCUT2D eigenvalue weighted by Crippen LogP contribution is -2.45. The molecule has 1 atom stereocenters. The van der Waals surface area contributed by atoms with Crippen molar-refractivity contribution in [1.29, 1.82) is 0 Å². The van der Waals surface area contributed by atoms with Crippen LogP contribution in [0.4, 0.5) is 4.39 Å². The molecule has 1 saturated heterocycles. The molecule has 3 rings (SSSR count). The van der Waals surface area contributed by atoms with Gasteiger partial charge in [0.25, 0.3) is 0 Å². The molecule has 1 unspecified atom stereocenters. The maximum absolute atomic E-state index is 13.2. The molecule has 2 heterocycles. The second-order valence-corrected chi connectivity index (χ2v) is 6.63. The number of benzene rings is 1. The molecule has 1 aliphatic heterocycles. The zero-order valence-electron chi connectivity index (χ0n) is 11.0. The van der Waals surface area contributed by atoms with Crippen molar-refractivity contribution in [2.24, 2.45) is 0 Å². The third-order valence-electron chi connectivity index (χ3n) is 3.57. The summed E-state index contributed by atoms with van der Waals surface area (Å²) in [5.41, 5.74) is 1.12. The fourth-order valence-corrected chi connectivity index (χ4v) is 3.84. The Labute approximate surface area is 127 Å². The van der Waals surface area contributed by atoms with E-state index in [0.29, 0.717) is 0 Å². The predicted octanol–water partition coefficient (Wildman–Crippen LogP) is 3.54. The van der Waals surface area contributed by atoms with E-state index in [0.717, 1.165) is 36.1 Å². The van der Waals surface area contributed by atoms with Gasteiger partial charge in [0.1, 0.15) is 5.82 Å². The molecule has 5 heteroatoms. The van der Waals surface area contributed by atoms with Gasteiger partial charge >= 0.3 is 0 Å². The van der Waals surface area contributed by atoms with E-state index in [9.17, 15) is 4.39 Å². The van der Waals surface area contributed by atoms with Gasteiger partial charge in [0.2, 0.25) is 0 Å². The molecule has 1 N–H and O–H groups in total. The Hall–Kier alpha value is -0.940. The lowest BCUT2D eigenvalue weighted by molar-refractivity contribution is 0.200. The third kappa shape index (κ3) is 3.04. The SMILES string of the molecule is Fc1ccc(C(c2ccc(Cl)s2)N2CCNCC2)cc1. The fraction of sp³-hybridized carbons (Fsp3) is 0.333. The van der Waals surface area contributed by atoms with Crippen molar-refractivity contribution in [3.05, 3.63) is 57.0 Å². The van der Waals surface area contributed by atoms with Crippen molar-refractivity contribution in [3.8, 4) is 0 Å². The van der Waals surface area contributed by atoms with Crippen molar-refractivity contribution in [3.63, 3.8) is 0 Å². The molecule has 2 nitrogen and oxygen atoms in total. The summed E-state index contributed by atoms with van der Waals surface area (Å²) in [4.78, 5) is 3.63. The second-order valence-electron chi connectivity index (χ2n) is 4.88. The van der Waals surface area contributed by atoms with Gasteiger partial charge < -0.3 is 5.32 Å². The lowest BCUT2D eigenvalue weighted by atomic mass is 10.0. The van der Waals surface area contributed by atoms with Crippen molar-refractivity contribution in [1.82, 2.24) is 10.2 Å². The molecule has 1 fully saturated rings. The van der Waals surface area contributed by atoms with Gasteiger partial charge in [-0.1, -0.05) is 23.7 Å². The van der Waals surface area contributed by atoms with Crippen LogP contribution in [-0.4, -0.2) is 31.1 Å². The van der Waals surface area contributed by atoms with E-state index < -0.39 is 0 Å². The van der Waals surface area contributed by atoms with E-state index in [2.05, 4.69) is 16.3 Å². The van der Waals surface area contributed by atoms with Gasteiger partial charge in [-0.3, -0.25) is 4.90 Å². The average molecular weight is 311 g/mol. The van der Waals surface area contributed by atoms with Crippen molar-refractivity contribution >= 4 is 22.9 Å². The molecule has 1 aliphatic rings. The van der Waals surface area contributed by atoms with E-state index in [-0.39, 0.29) is 11.9 Å². The third-order valence-corrected chi connectivity index (χ3v) is 4.85. The Morgan fingerprint density at radius 2 is 1.80 bits per heavy atom. The first kappa shape index (κ1) is 14.0. The van der Waals surface area contributed by atoms with Gasteiger partial charge in [0.15, 0.2) is 0 Å². The highest BCUT2D eigenvalue weighted by Crippen LogP contribution is 2.35. The summed E-state index contributed by atoms with van der Waals surface area (Å²) in [7, 11) is 0. The normalized spacial score (nSPS) is 18.1. The van der Waals surface area contributed by atoms with Crippen molar-refractivity contribution < 1.29 is 4.39 Å². The minimum atomic E-state index is -0.197. The van der Waals surface area contributed by atoms with Crippen LogP contribution < -0.4 is 5.32 Å². The molecule has 0 saturated carbocycles. The maximum Gasteiger partial charge on any atom is 0.123 e. The topological polar surface area (TPSA) is 15.3 Å². The van der Waals surface area contributed by atoms with Crippen LogP contribution in [0, 0.1) is 5.82 Å². The summed E-state index contributed by atoms with van der Waals surface area (Å²) in [5, 5.41) is 3.36. The van der Waals surface area contributed by atoms with E-state index in [1.165, 1.54) is 17.0 Å². The van der Waals surface area contributed by atoms with Gasteiger partial charge in [-0.05, 0) is 29.8 Å². The highest BCUT2D eigenvalue weighted by atomic mass is 35.5. The quantitative estimate of drug-likeness (QED) is 0.933. The van der Waals surface area contributed by atoms with Crippen molar-refractivity contribution in [2.75, 3.05) is 26.2 Å². The van der Waals surface area contributed by atoms with Crippen LogP contribution in [0.1, 0.15) is 16.5 Å². The van der Waals surface area contributed by atoms with Crippen LogP contribution in [0.25, 0.3) is 0 Å². The van der Waals surface area contributed by atoms with Gasteiger partial charge in [0.05, 0.1) is 10.4 Å². The largest absolute Gasteiger partial charge is 0.314 e. The molecule has 0 aliphatic carbocycles. The molecular formula is C15H16ClFN2S. The Kier molecular flexibility index (Phi) is 4.36. The highest BCUT2D eigenvalue weighted by Gasteiger charge is 2.25. The molecule has 0 amide bonds. The van der Waals surface area contributed by atoms with Crippen LogP contribution in [0.2, 0.25) is 4.34 Å². The van der Waals surface area contributed by atoms with Crippen LogP contribution in [0.15, 0.2) is 36.4 Å². The highest BCUT2D eigenvalue weighted by molar-refractivity contribution is 7.16. The molecule has 106 valence electrons. The zero-order chi connectivity index (χ0) is 13.9. The Morgan fingerprint density at radius 1 is 1.10 bits per heavy atom. The number of piperazine rings is 1. The van der Waals surface area contributed by atoms with Crippen LogP contribution in [0.5, 0.6) is 0 Å². The molecule has 1 aromatic carbocycles. The monoisotopic (exact) mass is 310 g/mol. The standard InChI is InChI=1S/C15H16ClFN2S/c16-14-6-5-13(20-14)15(19-9-7-18-8-10-19)11-1-3-12(17)4-2-11/h1-6,15,18H,7-10H2. The number of nitrogens with one attached hydrogen (secondary N) is 1. The summed E-state index contributed by atoms with van der Waals surface area (Å²) in [6, 6.07) is 11.0. The number of nitrogens with zero attached hydrogens (tertiary/aromatic N) is 1. The first-order chi connectivity index (χ1) is 9.74. The number of rotatable bonds is 3. The molecule has 1 aromatic heterocycles. The number of hydrogen-bond acceptors (Lipinski definition) is 3. The average Bonchev–Trinajstić information content (AvgIpc) is 2.89. The van der Waals surface area contributed by atoms with Gasteiger partial charge in [-0.25, -0.2) is 4.39 Å². The predicted molar refractivity (Wildman–Crippen MR) is 82.0 cm³/mol. The van der Waals surface area contributed by atoms with Crippen LogP contribution >= 0.6 is 22.9 Å². The molecular weight excluding hydrogens is 295 g/mol. The lowest BCUT2D eigenvalue weighted by Gasteiger charge is -2.34. The fourth-order valence-electron chi connectivity index (χ4n) is 2.62. The Morgan fingerprint density at radius 3 is 2.40 bits per heavy atom. The molecule has 0 bridgehead atoms. The summed E-state index contributed by atoms with van der Waals surface area (Å²) < 4.78 is 14.0. The summed E-state index contributed by atoms with van der Waals surface area (Å²) in [5.74, 6) is -0.197. The van der Waals surface area contributed by atoms with Crippen LogP contribution in [0.3, 0.4) is 0 Å². The Bertz CT molecular complexity index is 564. The number of hydrogen-bond donors (Lipinski definition) is 1. The summed E-state index contributed by atoms with van der Waals surface area (Å²) in [6.45, 7) is 3.93. The molecule has 20 heavy (non-hydrogen) atoms. The van der Waals surface area contributed by atoms with Gasteiger partial charge in [-0.15, -0.1) is 11.3 Å². The van der Waals surface area contributed by atoms with E-state index >= 15 is 0 Å². The zero-order valence-corrected chi connectivity index (χ0v) is 12.6. The van der Waals surface area contributed by atoms with Crippen LogP contribution in [-0.2, 0) is 0 Å². The summed E-state index contributed by atoms with van der Waals surface area (Å²) in [6.07, 6.45) is 0. The minimum Gasteiger partial charge on any atom is -0.314 e. The molecule has 0 spiro atoms.